The molecule has 0 fully saturated rings. The van der Waals surface area contributed by atoms with Gasteiger partial charge in [-0.3, -0.25) is 4.79 Å². The Kier molecular flexibility index (Phi) is 1.55. The Labute approximate surface area is 120 Å². The lowest BCUT2D eigenvalue weighted by Crippen LogP contribution is -2.27. The highest BCUT2D eigenvalue weighted by Gasteiger charge is 2.33. The molecule has 0 saturated heterocycles. The zero-order chi connectivity index (χ0) is 18.2. The van der Waals surface area contributed by atoms with Crippen LogP contribution in [0.1, 0.15) is 44.1 Å². The number of primary amides is 1. The van der Waals surface area contributed by atoms with Gasteiger partial charge in [0.25, 0.3) is 0 Å². The molecule has 1 amide bonds. The molecule has 2 N–H and O–H groups in total. The molecule has 0 radical (unpaired) electrons. The zero-order valence-corrected chi connectivity index (χ0v) is 10.6. The molecule has 1 aromatic carbocycles. The summed E-state index contributed by atoms with van der Waals surface area (Å²) in [6.07, 6.45) is -5.50. The minimum atomic E-state index is -2.79. The first kappa shape index (κ1) is 6.76. The topological polar surface area (TPSA) is 43.1 Å². The number of fused-ring (bicyclic) bond motifs is 2. The summed E-state index contributed by atoms with van der Waals surface area (Å²) in [5, 5.41) is 0.198. The first-order chi connectivity index (χ1) is 10.9. The molecule has 0 saturated carbocycles. The third-order valence-electron chi connectivity index (χ3n) is 3.41. The van der Waals surface area contributed by atoms with E-state index in [0.717, 1.165) is 5.56 Å². The fraction of sp³-hybridized carbons (Fsp3) is 0.400. The molecule has 1 unspecified atom stereocenters. The van der Waals surface area contributed by atoms with Crippen molar-refractivity contribution in [2.45, 2.75) is 32.5 Å². The average Bonchev–Trinajstić information content (AvgIpc) is 2.82. The van der Waals surface area contributed by atoms with Crippen molar-refractivity contribution in [1.82, 2.24) is 0 Å². The van der Waals surface area contributed by atoms with Crippen LogP contribution in [0.2, 0.25) is 5.02 Å². The third kappa shape index (κ3) is 1.67. The van der Waals surface area contributed by atoms with Crippen LogP contribution in [-0.4, -0.2) is 5.91 Å². The Morgan fingerprint density at radius 2 is 2.50 bits per heavy atom. The number of hydrogen-bond donors (Lipinski definition) is 1. The van der Waals surface area contributed by atoms with Crippen LogP contribution in [0.15, 0.2) is 17.7 Å². The number of carbonyl (C=O) groups excluding carboxylic acids is 1. The normalized spacial score (nSPS) is 36.3. The summed E-state index contributed by atoms with van der Waals surface area (Å²) in [5.41, 5.74) is 7.66. The van der Waals surface area contributed by atoms with Crippen molar-refractivity contribution in [1.29, 1.82) is 0 Å². The van der Waals surface area contributed by atoms with E-state index in [1.807, 2.05) is 0 Å². The second-order valence-corrected chi connectivity index (χ2v) is 4.91. The highest BCUT2D eigenvalue weighted by Crippen LogP contribution is 2.45. The van der Waals surface area contributed by atoms with Crippen molar-refractivity contribution in [3.8, 4) is 0 Å². The SMILES string of the molecule is [2H]c1c(Cl)cc(C)c2c1C1=C(C2)C([2H])(C(N)=O)C([2H])([2H])C([2H])([2H])C1. The summed E-state index contributed by atoms with van der Waals surface area (Å²) in [6.45, 7) is 1.78. The predicted octanol–water partition coefficient (Wildman–Crippen LogP) is 3.24. The second kappa shape index (κ2) is 4.13. The average molecular weight is 268 g/mol. The smallest absolute Gasteiger partial charge is 0.224 e. The van der Waals surface area contributed by atoms with Crippen LogP contribution in [0.5, 0.6) is 0 Å². The molecule has 0 heterocycles. The highest BCUT2D eigenvalue weighted by atomic mass is 35.5. The molecule has 3 heteroatoms. The Bertz CT molecular complexity index is 819. The maximum atomic E-state index is 12.0. The number of hydrogen-bond acceptors (Lipinski definition) is 1. The van der Waals surface area contributed by atoms with Gasteiger partial charge >= 0.3 is 0 Å². The lowest BCUT2D eigenvalue weighted by Gasteiger charge is -2.22. The minimum Gasteiger partial charge on any atom is -0.369 e. The maximum absolute atomic E-state index is 12.0. The summed E-state index contributed by atoms with van der Waals surface area (Å²) in [6, 6.07) is 1.62. The van der Waals surface area contributed by atoms with E-state index in [0.29, 0.717) is 16.7 Å². The number of nitrogens with two attached hydrogens (primary N) is 1. The van der Waals surface area contributed by atoms with E-state index in [1.54, 1.807) is 13.0 Å². The van der Waals surface area contributed by atoms with Crippen molar-refractivity contribution in [2.75, 3.05) is 0 Å². The molecule has 94 valence electrons. The van der Waals surface area contributed by atoms with Crippen molar-refractivity contribution in [3.63, 3.8) is 0 Å². The quantitative estimate of drug-likeness (QED) is 0.834. The largest absolute Gasteiger partial charge is 0.369 e. The fourth-order valence-electron chi connectivity index (χ4n) is 2.57. The summed E-state index contributed by atoms with van der Waals surface area (Å²) in [7, 11) is 0. The minimum absolute atomic E-state index is 0.00680. The molecule has 1 atom stereocenters. The third-order valence-corrected chi connectivity index (χ3v) is 3.62. The van der Waals surface area contributed by atoms with Crippen molar-refractivity contribution in [3.05, 3.63) is 39.4 Å². The first-order valence-corrected chi connectivity index (χ1v) is 6.05. The van der Waals surface area contributed by atoms with Gasteiger partial charge in [-0.2, -0.15) is 0 Å². The molecular weight excluding hydrogens is 246 g/mol. The van der Waals surface area contributed by atoms with Gasteiger partial charge in [0, 0.05) is 11.9 Å². The van der Waals surface area contributed by atoms with Crippen LogP contribution in [0.3, 0.4) is 0 Å². The van der Waals surface area contributed by atoms with E-state index in [-0.39, 0.29) is 29.5 Å². The Balaban J connectivity index is 2.37. The molecule has 0 spiro atoms. The van der Waals surface area contributed by atoms with Crippen molar-refractivity contribution in [2.24, 2.45) is 11.6 Å². The van der Waals surface area contributed by atoms with Gasteiger partial charge in [0.2, 0.25) is 5.91 Å². The number of benzene rings is 1. The molecule has 2 nitrogen and oxygen atoms in total. The molecule has 18 heavy (non-hydrogen) atoms. The molecular formula is C15H16ClNO. The van der Waals surface area contributed by atoms with E-state index in [9.17, 15) is 4.79 Å². The number of amides is 1. The van der Waals surface area contributed by atoms with Crippen LogP contribution >= 0.6 is 11.6 Å². The van der Waals surface area contributed by atoms with E-state index < -0.39 is 24.5 Å². The van der Waals surface area contributed by atoms with Gasteiger partial charge in [-0.15, -0.1) is 0 Å². The fourth-order valence-corrected chi connectivity index (χ4v) is 2.82. The predicted molar refractivity (Wildman–Crippen MR) is 73.3 cm³/mol. The Morgan fingerprint density at radius 1 is 1.72 bits per heavy atom. The van der Waals surface area contributed by atoms with Gasteiger partial charge in [0.05, 0.1) is 7.26 Å². The van der Waals surface area contributed by atoms with Gasteiger partial charge in [-0.25, -0.2) is 0 Å². The molecule has 2 aliphatic carbocycles. The molecule has 3 rings (SSSR count). The summed E-state index contributed by atoms with van der Waals surface area (Å²) in [5.74, 6) is -3.76. The zero-order valence-electron chi connectivity index (χ0n) is 15.9. The number of rotatable bonds is 1. The van der Waals surface area contributed by atoms with Crippen LogP contribution in [-0.2, 0) is 11.2 Å². The number of carbonyl (C=O) groups is 1. The molecule has 1 aromatic rings. The molecule has 2 aliphatic rings. The summed E-state index contributed by atoms with van der Waals surface area (Å²) in [4.78, 5) is 12.0. The maximum Gasteiger partial charge on any atom is 0.224 e. The van der Waals surface area contributed by atoms with Gasteiger partial charge in [0.15, 0.2) is 0 Å². The van der Waals surface area contributed by atoms with Crippen LogP contribution in [0.4, 0.5) is 0 Å². The standard InChI is InChI=1S/C15H16ClNO/c1-8-5-9(16)6-13-10-3-2-4-11(15(17)18)14(10)7-12(8)13/h5-6,11H,2-4,7H2,1H3,(H2,17,18)/i2D2,4D2,6D,11D. The van der Waals surface area contributed by atoms with Crippen LogP contribution in [0.25, 0.3) is 5.57 Å². The van der Waals surface area contributed by atoms with Crippen LogP contribution in [0, 0.1) is 12.8 Å². The van der Waals surface area contributed by atoms with Crippen molar-refractivity contribution >= 4 is 23.1 Å². The number of halogens is 1. The van der Waals surface area contributed by atoms with E-state index in [4.69, 9.17) is 25.6 Å². The van der Waals surface area contributed by atoms with E-state index in [2.05, 4.69) is 0 Å². The van der Waals surface area contributed by atoms with Gasteiger partial charge < -0.3 is 5.73 Å². The second-order valence-electron chi connectivity index (χ2n) is 4.51. The Morgan fingerprint density at radius 3 is 3.22 bits per heavy atom. The van der Waals surface area contributed by atoms with Crippen molar-refractivity contribution < 1.29 is 13.0 Å². The van der Waals surface area contributed by atoms with E-state index in [1.165, 1.54) is 0 Å². The van der Waals surface area contributed by atoms with Gasteiger partial charge in [-0.1, -0.05) is 11.6 Å². The number of aryl methyl sites for hydroxylation is 1. The van der Waals surface area contributed by atoms with Gasteiger partial charge in [-0.05, 0) is 72.5 Å². The monoisotopic (exact) mass is 267 g/mol. The lowest BCUT2D eigenvalue weighted by molar-refractivity contribution is -0.121. The molecule has 0 aliphatic heterocycles. The lowest BCUT2D eigenvalue weighted by atomic mass is 9.82. The van der Waals surface area contributed by atoms with Gasteiger partial charge in [0.1, 0.15) is 0 Å². The first-order valence-electron chi connectivity index (χ1n) is 8.67. The van der Waals surface area contributed by atoms with Crippen LogP contribution < -0.4 is 5.73 Å². The van der Waals surface area contributed by atoms with E-state index >= 15 is 0 Å². The molecule has 0 bridgehead atoms. The summed E-state index contributed by atoms with van der Waals surface area (Å²) < 4.78 is 49.1. The molecule has 0 aromatic heterocycles. The summed E-state index contributed by atoms with van der Waals surface area (Å²) >= 11 is 6.07. The highest BCUT2D eigenvalue weighted by molar-refractivity contribution is 6.30. The Hall–Kier alpha value is -1.28. The number of allylic oxidation sites excluding steroid dienone is 1.